The van der Waals surface area contributed by atoms with Crippen LogP contribution in [0, 0.1) is 0 Å². The van der Waals surface area contributed by atoms with Crippen molar-refractivity contribution < 1.29 is 137 Å². The van der Waals surface area contributed by atoms with Gasteiger partial charge < -0.3 is 106 Å². The number of nitrogens with one attached hydrogen (secondary N) is 3. The summed E-state index contributed by atoms with van der Waals surface area (Å²) in [5.41, 5.74) is 20.4. The third kappa shape index (κ3) is 15.7. The van der Waals surface area contributed by atoms with E-state index in [1.807, 2.05) is 0 Å². The highest BCUT2D eigenvalue weighted by molar-refractivity contribution is 7.66. The first-order valence-electron chi connectivity index (χ1n) is 29.8. The quantitative estimate of drug-likeness (QED) is 0.0121. The fourth-order valence-electron chi connectivity index (χ4n) is 11.8. The Morgan fingerprint density at radius 3 is 1.56 bits per heavy atom. The lowest BCUT2D eigenvalue weighted by molar-refractivity contribution is -0.244. The van der Waals surface area contributed by atoms with Gasteiger partial charge in [-0.05, 0) is 13.8 Å². The number of methoxy groups -OCH3 is 2. The maximum absolute atomic E-state index is 14.5. The number of nitrogens with zero attached hydrogens (tertiary/aromatic N) is 13. The van der Waals surface area contributed by atoms with Gasteiger partial charge in [-0.1, -0.05) is 0 Å². The second-order valence-electron chi connectivity index (χ2n) is 23.2. The number of imidazole rings is 3. The van der Waals surface area contributed by atoms with Gasteiger partial charge in [0.05, 0.1) is 51.6 Å². The van der Waals surface area contributed by atoms with Crippen LogP contribution in [0.1, 0.15) is 32.5 Å². The molecule has 12 heterocycles. The van der Waals surface area contributed by atoms with Crippen LogP contribution in [-0.4, -0.2) is 248 Å². The summed E-state index contributed by atoms with van der Waals surface area (Å²) in [5, 5.41) is 33.3. The monoisotopic (exact) mass is 1560 g/mol. The van der Waals surface area contributed by atoms with E-state index in [0.29, 0.717) is 0 Å². The molecular formula is C46H65N20O32P5. The van der Waals surface area contributed by atoms with Crippen LogP contribution >= 0.6 is 39.1 Å². The first-order chi connectivity index (χ1) is 48.5. The van der Waals surface area contributed by atoms with E-state index in [9.17, 15) is 77.0 Å². The zero-order valence-corrected chi connectivity index (χ0v) is 57.9. The van der Waals surface area contributed by atoms with Crippen LogP contribution in [0.5, 0.6) is 0 Å². The van der Waals surface area contributed by atoms with Gasteiger partial charge in [-0.25, -0.2) is 52.6 Å². The maximum Gasteiger partial charge on any atom is 0.508 e. The van der Waals surface area contributed by atoms with Gasteiger partial charge in [0.1, 0.15) is 97.4 Å². The Hall–Kier alpha value is -6.88. The Labute approximate surface area is 572 Å². The summed E-state index contributed by atoms with van der Waals surface area (Å²) >= 11 is 0. The van der Waals surface area contributed by atoms with Crippen molar-refractivity contribution in [3.63, 3.8) is 0 Å². The third-order valence-corrected chi connectivity index (χ3v) is 22.1. The Kier molecular flexibility index (Phi) is 21.4. The van der Waals surface area contributed by atoms with Gasteiger partial charge in [0.15, 0.2) is 64.5 Å². The second-order valence-corrected chi connectivity index (χ2v) is 30.6. The van der Waals surface area contributed by atoms with E-state index < -0.39 is 192 Å². The molecule has 12 rings (SSSR count). The number of ether oxygens (including phenoxy) is 7. The molecule has 7 aromatic rings. The van der Waals surface area contributed by atoms with Gasteiger partial charge in [-0.3, -0.25) is 65.7 Å². The molecule has 5 aliphatic rings. The minimum Gasteiger partial charge on any atom is -0.387 e. The minimum absolute atomic E-state index is 0.00265. The molecule has 5 aliphatic heterocycles. The van der Waals surface area contributed by atoms with Crippen LogP contribution in [0.15, 0.2) is 39.7 Å². The number of hydrogen-bond acceptors (Lipinski definition) is 41. The van der Waals surface area contributed by atoms with Crippen molar-refractivity contribution in [1.29, 1.82) is 0 Å². The molecule has 0 aromatic carbocycles. The van der Waals surface area contributed by atoms with Gasteiger partial charge in [0, 0.05) is 21.3 Å². The summed E-state index contributed by atoms with van der Waals surface area (Å²) in [6.07, 6.45) is -22.9. The minimum atomic E-state index is -6.30. The van der Waals surface area contributed by atoms with E-state index in [4.69, 9.17) is 83.6 Å². The SMILES string of the molecule is CO[C@H]1C(OP(=O)(O)OC[C@H]2O[C@@H](n3cnc4c(=O)[nH]c(N)nc43)[C@@H](OC)C2OP(=O)(O)OC[C@H]2O[C@@H](n3cnc4c(=O)[nH]c(N)nc43)[C@@H](O)C2OC(C)C)[C@@H](COOP(=O)(O)OP(=O)(O)OP(=O)(O)OC[C@H]2O[C@@H](N3CN(C)c4c3nc(N)[nH]c4=O)C(O)[C@H]2O)O[C@H]1n1cnc2c(N)ncnc21. The molecule has 4 saturated heterocycles. The number of nitrogens with two attached hydrogens (primary N) is 4. The zero-order chi connectivity index (χ0) is 74.3. The predicted octanol–water partition coefficient (Wildman–Crippen LogP) is -3.95. The molecule has 19 N–H and O–H groups in total. The van der Waals surface area contributed by atoms with Gasteiger partial charge >= 0.3 is 39.1 Å². The molecule has 52 nitrogen and oxygen atoms in total. The molecule has 9 unspecified atom stereocenters. The van der Waals surface area contributed by atoms with E-state index in [1.165, 1.54) is 26.0 Å². The van der Waals surface area contributed by atoms with Crippen LogP contribution in [0.25, 0.3) is 33.5 Å². The lowest BCUT2D eigenvalue weighted by Crippen LogP contribution is -2.45. The molecule has 0 radical (unpaired) electrons. The summed E-state index contributed by atoms with van der Waals surface area (Å²) < 4.78 is 153. The maximum atomic E-state index is 14.5. The topological polar surface area (TPSA) is 722 Å². The number of anilines is 6. The summed E-state index contributed by atoms with van der Waals surface area (Å²) in [6, 6.07) is 0. The number of nitrogen functional groups attached to an aromatic ring is 4. The predicted molar refractivity (Wildman–Crippen MR) is 336 cm³/mol. The molecule has 57 heteroatoms. The van der Waals surface area contributed by atoms with Crippen molar-refractivity contribution in [2.75, 3.05) is 87.1 Å². The van der Waals surface area contributed by atoms with Crippen molar-refractivity contribution >= 4 is 108 Å². The molecule has 0 amide bonds. The Morgan fingerprint density at radius 2 is 1.00 bits per heavy atom. The summed E-state index contributed by atoms with van der Waals surface area (Å²) in [5.74, 6) is -1.22. The Bertz CT molecular complexity index is 4760. The summed E-state index contributed by atoms with van der Waals surface area (Å²) in [4.78, 5) is 140. The molecular weight excluding hydrogens is 1500 g/mol. The van der Waals surface area contributed by atoms with E-state index >= 15 is 0 Å². The smallest absolute Gasteiger partial charge is 0.387 e. The average molecular weight is 1570 g/mol. The normalized spacial score (nSPS) is 30.3. The van der Waals surface area contributed by atoms with Gasteiger partial charge in [-0.2, -0.15) is 23.6 Å². The molecule has 0 spiro atoms. The molecule has 21 atom stereocenters. The zero-order valence-electron chi connectivity index (χ0n) is 53.4. The average Bonchev–Trinajstić information content (AvgIpc) is 1.63. The number of phosphoric ester groups is 3. The standard InChI is InChI=1S/C46H65N20O32P5/c1-15(2)89-27-18(91-41(26(27)69)64-12-54-21-34(64)56-44(48)59-37(21)70)8-86-99(73,74)95-29-19(93-43(31(29)84-5)65-13-55-22-35(65)57-45(49)60-38(22)71)9-87-100(75,76)94-28-17(92-42(30(28)83-4)63-11-53-20-32(47)51-10-52-33(20)63)6-85-96-102(79,80)98-103(81,82)97-101(77,78)88-7-16-24(67)25(68)40(90-16)66-14-62(3)23-36(66)58-46(50)61-39(23)72/h10-13,15-19,24-31,40-43,67-69H,6-9,14H2,1-5H3,(H,73,74)(H,75,76)(H,77,78)(H,79,80)(H,81,82)(H2,47,51,52)(H3,48,56,59,70)(H3,49,57,60,71)(H3,50,58,61,72)/t16-,17-,18-,19-,24+,25?,26+,27?,28?,29?,30+,31+,40-,41-,42-,43-/m1/s1. The van der Waals surface area contributed by atoms with Crippen molar-refractivity contribution in [1.82, 2.24) is 68.5 Å². The van der Waals surface area contributed by atoms with E-state index in [-0.39, 0.29) is 69.4 Å². The van der Waals surface area contributed by atoms with E-state index in [0.717, 1.165) is 44.1 Å². The van der Waals surface area contributed by atoms with Crippen LogP contribution in [0.4, 0.5) is 35.2 Å². The van der Waals surface area contributed by atoms with Crippen molar-refractivity contribution in [2.45, 2.75) is 118 Å². The van der Waals surface area contributed by atoms with Crippen molar-refractivity contribution in [3.8, 4) is 0 Å². The molecule has 566 valence electrons. The molecule has 7 aromatic heterocycles. The van der Waals surface area contributed by atoms with E-state index in [2.05, 4.69) is 68.1 Å². The first-order valence-corrected chi connectivity index (χ1v) is 37.2. The highest BCUT2D eigenvalue weighted by atomic mass is 31.3. The number of aliphatic hydroxyl groups excluding tert-OH is 3. The van der Waals surface area contributed by atoms with Crippen LogP contribution in [0.3, 0.4) is 0 Å². The van der Waals surface area contributed by atoms with Gasteiger partial charge in [0.25, 0.3) is 16.7 Å². The number of rotatable bonds is 29. The number of hydrogen-bond donors (Lipinski definition) is 15. The van der Waals surface area contributed by atoms with Gasteiger partial charge in [-0.15, -0.1) is 4.67 Å². The summed E-state index contributed by atoms with van der Waals surface area (Å²) in [6.45, 7) is -1.38. The molecule has 0 saturated carbocycles. The molecule has 0 aliphatic carbocycles. The highest BCUT2D eigenvalue weighted by Crippen LogP contribution is 2.68. The number of fused-ring (bicyclic) bond motifs is 4. The fourth-order valence-corrected chi connectivity index (χ4v) is 17.0. The Balaban J connectivity index is 0.738. The van der Waals surface area contributed by atoms with Crippen LogP contribution in [0.2, 0.25) is 0 Å². The van der Waals surface area contributed by atoms with Crippen molar-refractivity contribution in [2.24, 2.45) is 0 Å². The number of aliphatic hydroxyl groups is 3. The Morgan fingerprint density at radius 1 is 0.534 bits per heavy atom. The number of aromatic nitrogens is 14. The first kappa shape index (κ1) is 75.8. The summed E-state index contributed by atoms with van der Waals surface area (Å²) in [7, 11) is -26.0. The van der Waals surface area contributed by atoms with Crippen LogP contribution in [-0.2, 0) is 96.8 Å². The molecule has 0 bridgehead atoms. The second kappa shape index (κ2) is 29.1. The van der Waals surface area contributed by atoms with Gasteiger partial charge in [0.2, 0.25) is 17.8 Å². The van der Waals surface area contributed by atoms with E-state index in [1.54, 1.807) is 13.8 Å². The number of phosphoric acid groups is 5. The van der Waals surface area contributed by atoms with Crippen LogP contribution < -0.4 is 49.4 Å². The molecule has 103 heavy (non-hydrogen) atoms. The molecule has 4 fully saturated rings. The van der Waals surface area contributed by atoms with Crippen molar-refractivity contribution in [3.05, 3.63) is 56.4 Å². The number of H-pyrrole nitrogens is 3. The highest BCUT2D eigenvalue weighted by Gasteiger charge is 2.56. The number of aromatic amines is 3. The lowest BCUT2D eigenvalue weighted by atomic mass is 10.1. The largest absolute Gasteiger partial charge is 0.508 e. The third-order valence-electron chi connectivity index (χ3n) is 16.0. The lowest BCUT2D eigenvalue weighted by Gasteiger charge is -2.27. The fraction of sp³-hybridized carbons (Fsp3) is 0.587.